The number of phenols is 3. The highest BCUT2D eigenvalue weighted by Crippen LogP contribution is 2.44. The normalized spacial score (nSPS) is 16.8. The lowest BCUT2D eigenvalue weighted by atomic mass is 9.98. The van der Waals surface area contributed by atoms with E-state index in [4.69, 9.17) is 0 Å². The van der Waals surface area contributed by atoms with Gasteiger partial charge in [-0.05, 0) is 53.4 Å². The lowest BCUT2D eigenvalue weighted by Crippen LogP contribution is -2.30. The molecule has 0 bridgehead atoms. The molecule has 1 aliphatic rings. The zero-order chi connectivity index (χ0) is 20.1. The van der Waals surface area contributed by atoms with Crippen LogP contribution in [0.25, 0.3) is 0 Å². The maximum absolute atomic E-state index is 13.4. The van der Waals surface area contributed by atoms with Crippen molar-refractivity contribution < 1.29 is 23.7 Å². The van der Waals surface area contributed by atoms with Crippen LogP contribution in [0.15, 0.2) is 65.6 Å². The van der Waals surface area contributed by atoms with E-state index in [0.29, 0.717) is 5.56 Å². The van der Waals surface area contributed by atoms with E-state index in [0.717, 1.165) is 16.7 Å². The number of sulfonamides is 1. The van der Waals surface area contributed by atoms with Crippen LogP contribution in [0.2, 0.25) is 0 Å². The van der Waals surface area contributed by atoms with Crippen LogP contribution in [0.4, 0.5) is 0 Å². The van der Waals surface area contributed by atoms with E-state index in [1.807, 2.05) is 24.3 Å². The molecule has 3 aromatic carbocycles. The van der Waals surface area contributed by atoms with Crippen molar-refractivity contribution >= 4 is 10.0 Å². The van der Waals surface area contributed by atoms with Crippen LogP contribution in [-0.4, -0.2) is 28.0 Å². The summed E-state index contributed by atoms with van der Waals surface area (Å²) < 4.78 is 28.1. The lowest BCUT2D eigenvalue weighted by Gasteiger charge is -2.26. The molecule has 1 atom stereocenters. The number of benzene rings is 3. The maximum atomic E-state index is 13.4. The largest absolute Gasteiger partial charge is 0.508 e. The lowest BCUT2D eigenvalue weighted by molar-refractivity contribution is 0.378. The van der Waals surface area contributed by atoms with Gasteiger partial charge in [-0.25, -0.2) is 8.42 Å². The van der Waals surface area contributed by atoms with Crippen LogP contribution in [0.3, 0.4) is 0 Å². The summed E-state index contributed by atoms with van der Waals surface area (Å²) in [6, 6.07) is 15.1. The van der Waals surface area contributed by atoms with Crippen molar-refractivity contribution in [3.8, 4) is 17.2 Å². The minimum absolute atomic E-state index is 0.118. The Bertz CT molecular complexity index is 1150. The van der Waals surface area contributed by atoms with Gasteiger partial charge in [0.15, 0.2) is 0 Å². The Labute approximate surface area is 163 Å². The number of fused-ring (bicyclic) bond motifs is 1. The molecule has 7 heteroatoms. The monoisotopic (exact) mass is 397 g/mol. The Kier molecular flexibility index (Phi) is 4.28. The van der Waals surface area contributed by atoms with Gasteiger partial charge < -0.3 is 15.3 Å². The highest BCUT2D eigenvalue weighted by Gasteiger charge is 2.41. The van der Waals surface area contributed by atoms with Crippen LogP contribution < -0.4 is 0 Å². The SMILES string of the molecule is Cc1ccc(S(=O)(=O)N2Cc3ccccc3C2c2cc(O)cc(O)c2)c(O)c1. The number of aromatic hydroxyl groups is 3. The van der Waals surface area contributed by atoms with Gasteiger partial charge in [-0.3, -0.25) is 0 Å². The van der Waals surface area contributed by atoms with Crippen molar-refractivity contribution in [3.05, 3.63) is 82.9 Å². The van der Waals surface area contributed by atoms with Crippen molar-refractivity contribution in [2.45, 2.75) is 24.4 Å². The van der Waals surface area contributed by atoms with Crippen LogP contribution in [0.5, 0.6) is 17.2 Å². The molecule has 0 amide bonds. The van der Waals surface area contributed by atoms with E-state index in [1.165, 1.54) is 34.6 Å². The fourth-order valence-electron chi connectivity index (χ4n) is 3.68. The fourth-order valence-corrected chi connectivity index (χ4v) is 5.31. The molecule has 1 aliphatic heterocycles. The molecule has 3 aromatic rings. The summed E-state index contributed by atoms with van der Waals surface area (Å²) in [5, 5.41) is 30.1. The second kappa shape index (κ2) is 6.54. The Morgan fingerprint density at radius 1 is 0.929 bits per heavy atom. The van der Waals surface area contributed by atoms with Gasteiger partial charge in [0, 0.05) is 12.6 Å². The van der Waals surface area contributed by atoms with E-state index in [9.17, 15) is 23.7 Å². The van der Waals surface area contributed by atoms with E-state index in [1.54, 1.807) is 13.0 Å². The summed E-state index contributed by atoms with van der Waals surface area (Å²) in [6.07, 6.45) is 0. The highest BCUT2D eigenvalue weighted by molar-refractivity contribution is 7.89. The minimum Gasteiger partial charge on any atom is -0.508 e. The van der Waals surface area contributed by atoms with Crippen molar-refractivity contribution in [3.63, 3.8) is 0 Å². The molecule has 3 N–H and O–H groups in total. The number of hydrogen-bond acceptors (Lipinski definition) is 5. The second-order valence-corrected chi connectivity index (χ2v) is 8.76. The molecule has 0 aromatic heterocycles. The first-order valence-corrected chi connectivity index (χ1v) is 10.1. The smallest absolute Gasteiger partial charge is 0.247 e. The summed E-state index contributed by atoms with van der Waals surface area (Å²) >= 11 is 0. The molecule has 1 heterocycles. The van der Waals surface area contributed by atoms with Gasteiger partial charge in [-0.2, -0.15) is 4.31 Å². The minimum atomic E-state index is -4.06. The maximum Gasteiger partial charge on any atom is 0.247 e. The topological polar surface area (TPSA) is 98.1 Å². The molecule has 0 fully saturated rings. The summed E-state index contributed by atoms with van der Waals surface area (Å²) in [6.45, 7) is 1.88. The summed E-state index contributed by atoms with van der Waals surface area (Å²) in [5.74, 6) is -0.627. The molecule has 28 heavy (non-hydrogen) atoms. The molecule has 0 spiro atoms. The van der Waals surface area contributed by atoms with E-state index < -0.39 is 16.1 Å². The average Bonchev–Trinajstić information content (AvgIpc) is 3.01. The zero-order valence-electron chi connectivity index (χ0n) is 15.1. The molecule has 0 saturated carbocycles. The van der Waals surface area contributed by atoms with Crippen LogP contribution >= 0.6 is 0 Å². The third-order valence-electron chi connectivity index (χ3n) is 4.91. The highest BCUT2D eigenvalue weighted by atomic mass is 32.2. The average molecular weight is 397 g/mol. The first-order valence-electron chi connectivity index (χ1n) is 8.69. The molecule has 6 nitrogen and oxygen atoms in total. The van der Waals surface area contributed by atoms with Gasteiger partial charge in [0.2, 0.25) is 10.0 Å². The number of aryl methyl sites for hydroxylation is 1. The first kappa shape index (κ1) is 18.3. The quantitative estimate of drug-likeness (QED) is 0.629. The van der Waals surface area contributed by atoms with Crippen LogP contribution in [0.1, 0.15) is 28.3 Å². The Morgan fingerprint density at radius 2 is 1.61 bits per heavy atom. The van der Waals surface area contributed by atoms with Crippen molar-refractivity contribution in [1.82, 2.24) is 4.31 Å². The van der Waals surface area contributed by atoms with Gasteiger partial charge in [0.25, 0.3) is 0 Å². The number of hydrogen-bond donors (Lipinski definition) is 3. The standard InChI is InChI=1S/C21H19NO5S/c1-13-6-7-20(19(25)8-13)28(26,27)22-12-14-4-2-3-5-18(14)21(22)15-9-16(23)11-17(24)10-15/h2-11,21,23-25H,12H2,1H3. The third kappa shape index (κ3) is 2.98. The molecular weight excluding hydrogens is 378 g/mol. The third-order valence-corrected chi connectivity index (χ3v) is 6.76. The van der Waals surface area contributed by atoms with Crippen molar-refractivity contribution in [2.75, 3.05) is 0 Å². The predicted octanol–water partition coefficient (Wildman–Crippen LogP) is 3.41. The van der Waals surface area contributed by atoms with Gasteiger partial charge in [-0.15, -0.1) is 0 Å². The molecule has 0 aliphatic carbocycles. The summed E-state index contributed by atoms with van der Waals surface area (Å²) in [5.41, 5.74) is 2.78. The number of nitrogens with zero attached hydrogens (tertiary/aromatic N) is 1. The fraction of sp³-hybridized carbons (Fsp3) is 0.143. The zero-order valence-corrected chi connectivity index (χ0v) is 15.9. The van der Waals surface area contributed by atoms with Crippen molar-refractivity contribution in [1.29, 1.82) is 0 Å². The summed E-state index contributed by atoms with van der Waals surface area (Å²) in [7, 11) is -4.06. The first-order chi connectivity index (χ1) is 13.3. The van der Waals surface area contributed by atoms with Crippen molar-refractivity contribution in [2.24, 2.45) is 0 Å². The Morgan fingerprint density at radius 3 is 2.29 bits per heavy atom. The summed E-state index contributed by atoms with van der Waals surface area (Å²) in [4.78, 5) is -0.180. The van der Waals surface area contributed by atoms with Crippen LogP contribution in [0, 0.1) is 6.92 Å². The van der Waals surface area contributed by atoms with E-state index in [-0.39, 0.29) is 28.7 Å². The second-order valence-electron chi connectivity index (χ2n) is 6.91. The number of phenolic OH excluding ortho intramolecular Hbond substituents is 3. The van der Waals surface area contributed by atoms with Gasteiger partial charge >= 0.3 is 0 Å². The van der Waals surface area contributed by atoms with Gasteiger partial charge in [-0.1, -0.05) is 30.3 Å². The van der Waals surface area contributed by atoms with Gasteiger partial charge in [0.05, 0.1) is 6.04 Å². The Hall–Kier alpha value is -3.03. The molecule has 1 unspecified atom stereocenters. The van der Waals surface area contributed by atoms with E-state index in [2.05, 4.69) is 0 Å². The number of rotatable bonds is 3. The molecule has 0 radical (unpaired) electrons. The van der Waals surface area contributed by atoms with E-state index >= 15 is 0 Å². The van der Waals surface area contributed by atoms with Crippen LogP contribution in [-0.2, 0) is 16.6 Å². The Balaban J connectivity index is 1.90. The molecule has 144 valence electrons. The predicted molar refractivity (Wildman–Crippen MR) is 104 cm³/mol. The van der Waals surface area contributed by atoms with Gasteiger partial charge in [0.1, 0.15) is 22.1 Å². The molecular formula is C21H19NO5S. The molecule has 0 saturated heterocycles. The molecule has 4 rings (SSSR count).